The van der Waals surface area contributed by atoms with Crippen LogP contribution in [0.25, 0.3) is 11.3 Å². The number of halogens is 4. The Morgan fingerprint density at radius 3 is 2.23 bits per heavy atom. The quantitative estimate of drug-likeness (QED) is 0.747. The molecule has 0 bridgehead atoms. The number of hydrogen-bond acceptors (Lipinski definition) is 4. The molecule has 1 amide bonds. The summed E-state index contributed by atoms with van der Waals surface area (Å²) in [7, 11) is 0. The second-order valence-electron chi connectivity index (χ2n) is 6.39. The molecule has 0 saturated carbocycles. The Balaban J connectivity index is 0.000000396. The number of piperidine rings is 1. The van der Waals surface area contributed by atoms with Crippen molar-refractivity contribution in [2.75, 3.05) is 19.7 Å². The molecule has 1 aliphatic heterocycles. The van der Waals surface area contributed by atoms with Crippen LogP contribution < -0.4 is 4.74 Å². The van der Waals surface area contributed by atoms with E-state index in [1.54, 1.807) is 30.3 Å². The van der Waals surface area contributed by atoms with E-state index in [1.165, 1.54) is 18.7 Å². The highest BCUT2D eigenvalue weighted by Crippen LogP contribution is 2.22. The highest BCUT2D eigenvalue weighted by atomic mass is 19.4. The number of aliphatic carboxylic acids is 1. The average molecular weight is 428 g/mol. The molecule has 0 spiro atoms. The molecule has 10 heteroatoms. The second-order valence-corrected chi connectivity index (χ2v) is 6.39. The number of benzene rings is 1. The van der Waals surface area contributed by atoms with Crippen LogP contribution in [-0.2, 0) is 9.59 Å². The van der Waals surface area contributed by atoms with Gasteiger partial charge in [-0.2, -0.15) is 13.2 Å². The van der Waals surface area contributed by atoms with Gasteiger partial charge in [-0.25, -0.2) is 9.18 Å². The van der Waals surface area contributed by atoms with E-state index in [4.69, 9.17) is 14.6 Å². The number of ether oxygens (including phenoxy) is 1. The van der Waals surface area contributed by atoms with Gasteiger partial charge in [0.05, 0.1) is 11.9 Å². The van der Waals surface area contributed by atoms with Gasteiger partial charge in [-0.1, -0.05) is 12.1 Å². The first-order valence-electron chi connectivity index (χ1n) is 9.10. The summed E-state index contributed by atoms with van der Waals surface area (Å²) >= 11 is 0. The Morgan fingerprint density at radius 2 is 1.70 bits per heavy atom. The van der Waals surface area contributed by atoms with Crippen molar-refractivity contribution < 1.29 is 37.0 Å². The number of carboxylic acids is 1. The zero-order valence-electron chi connectivity index (χ0n) is 15.9. The second kappa shape index (κ2) is 10.6. The van der Waals surface area contributed by atoms with E-state index in [0.29, 0.717) is 17.0 Å². The number of alkyl halides is 3. The maximum absolute atomic E-state index is 13.7. The monoisotopic (exact) mass is 428 g/mol. The molecule has 0 aliphatic carbocycles. The summed E-state index contributed by atoms with van der Waals surface area (Å²) in [5.41, 5.74) is 0.987. The van der Waals surface area contributed by atoms with Gasteiger partial charge in [0.25, 0.3) is 5.91 Å². The van der Waals surface area contributed by atoms with Crippen LogP contribution in [0.1, 0.15) is 19.3 Å². The predicted molar refractivity (Wildman–Crippen MR) is 99.2 cm³/mol. The van der Waals surface area contributed by atoms with Gasteiger partial charge in [0.15, 0.2) is 6.61 Å². The smallest absolute Gasteiger partial charge is 0.482 e. The first kappa shape index (κ1) is 23.1. The minimum atomic E-state index is -5.08. The van der Waals surface area contributed by atoms with Crippen LogP contribution in [0.15, 0.2) is 42.6 Å². The molecular formula is C20H20F4N2O4. The van der Waals surface area contributed by atoms with Crippen LogP contribution in [0.5, 0.6) is 5.75 Å². The summed E-state index contributed by atoms with van der Waals surface area (Å²) in [6.07, 6.45) is -0.257. The molecule has 1 fully saturated rings. The van der Waals surface area contributed by atoms with Crippen LogP contribution in [0.4, 0.5) is 17.6 Å². The number of nitrogens with zero attached hydrogens (tertiary/aromatic N) is 2. The number of carboxylic acid groups (broad SMARTS) is 1. The Kier molecular flexibility index (Phi) is 8.14. The zero-order chi connectivity index (χ0) is 22.1. The number of carbonyl (C=O) groups is 2. The van der Waals surface area contributed by atoms with Gasteiger partial charge in [-0.3, -0.25) is 9.78 Å². The third-order valence-corrected chi connectivity index (χ3v) is 4.20. The predicted octanol–water partition coefficient (Wildman–Crippen LogP) is 3.91. The number of amides is 1. The van der Waals surface area contributed by atoms with E-state index in [-0.39, 0.29) is 18.3 Å². The molecule has 2 aromatic rings. The van der Waals surface area contributed by atoms with Gasteiger partial charge < -0.3 is 14.7 Å². The Bertz CT molecular complexity index is 851. The molecular weight excluding hydrogens is 408 g/mol. The van der Waals surface area contributed by atoms with Crippen molar-refractivity contribution in [3.8, 4) is 17.0 Å². The third kappa shape index (κ3) is 7.02. The van der Waals surface area contributed by atoms with Gasteiger partial charge >= 0.3 is 12.1 Å². The summed E-state index contributed by atoms with van der Waals surface area (Å²) in [6, 6.07) is 9.89. The molecule has 0 radical (unpaired) electrons. The first-order valence-corrected chi connectivity index (χ1v) is 9.10. The van der Waals surface area contributed by atoms with Gasteiger partial charge in [-0.15, -0.1) is 0 Å². The highest BCUT2D eigenvalue weighted by Gasteiger charge is 2.38. The standard InChI is InChI=1S/C18H19FN2O2.C2HF3O2/c19-16-7-3-2-6-15(16)17-9-8-14(12-20-17)23-13-18(22)21-10-4-1-5-11-21;3-2(4,5)1(6)7/h2-3,6-9,12H,1,4-5,10-11,13H2;(H,6,7). The van der Waals surface area contributed by atoms with Crippen molar-refractivity contribution in [1.29, 1.82) is 0 Å². The van der Waals surface area contributed by atoms with Gasteiger partial charge in [0.2, 0.25) is 0 Å². The van der Waals surface area contributed by atoms with Crippen molar-refractivity contribution in [3.05, 3.63) is 48.4 Å². The molecule has 1 aliphatic rings. The topological polar surface area (TPSA) is 79.7 Å². The summed E-state index contributed by atoms with van der Waals surface area (Å²) in [5, 5.41) is 7.12. The van der Waals surface area contributed by atoms with Gasteiger partial charge in [0, 0.05) is 18.7 Å². The molecule has 1 aromatic carbocycles. The number of pyridine rings is 1. The Hall–Kier alpha value is -3.17. The summed E-state index contributed by atoms with van der Waals surface area (Å²) in [6.45, 7) is 1.64. The lowest BCUT2D eigenvalue weighted by molar-refractivity contribution is -0.192. The fourth-order valence-electron chi connectivity index (χ4n) is 2.67. The van der Waals surface area contributed by atoms with Gasteiger partial charge in [-0.05, 0) is 43.5 Å². The van der Waals surface area contributed by atoms with Crippen molar-refractivity contribution in [2.24, 2.45) is 0 Å². The molecule has 0 unspecified atom stereocenters. The maximum atomic E-state index is 13.7. The lowest BCUT2D eigenvalue weighted by atomic mass is 10.1. The molecule has 1 aromatic heterocycles. The molecule has 162 valence electrons. The Labute approximate surface area is 170 Å². The zero-order valence-corrected chi connectivity index (χ0v) is 15.9. The van der Waals surface area contributed by atoms with E-state index in [9.17, 15) is 22.4 Å². The van der Waals surface area contributed by atoms with Crippen LogP contribution >= 0.6 is 0 Å². The largest absolute Gasteiger partial charge is 0.490 e. The SMILES string of the molecule is O=C(COc1ccc(-c2ccccc2F)nc1)N1CCCCC1.O=C(O)C(F)(F)F. The van der Waals surface area contributed by atoms with E-state index in [1.807, 2.05) is 4.90 Å². The van der Waals surface area contributed by atoms with Gasteiger partial charge in [0.1, 0.15) is 11.6 Å². The number of rotatable bonds is 4. The number of likely N-dealkylation sites (tertiary alicyclic amines) is 1. The maximum Gasteiger partial charge on any atom is 0.490 e. The lowest BCUT2D eigenvalue weighted by Crippen LogP contribution is -2.38. The first-order chi connectivity index (χ1) is 14.2. The lowest BCUT2D eigenvalue weighted by Gasteiger charge is -2.26. The van der Waals surface area contributed by atoms with Crippen molar-refractivity contribution in [1.82, 2.24) is 9.88 Å². The third-order valence-electron chi connectivity index (χ3n) is 4.20. The van der Waals surface area contributed by atoms with Crippen LogP contribution in [0.2, 0.25) is 0 Å². The average Bonchev–Trinajstić information content (AvgIpc) is 2.73. The fraction of sp³-hybridized carbons (Fsp3) is 0.350. The van der Waals surface area contributed by atoms with E-state index < -0.39 is 12.1 Å². The van der Waals surface area contributed by atoms with Crippen LogP contribution in [-0.4, -0.2) is 52.7 Å². The molecule has 6 nitrogen and oxygen atoms in total. The summed E-state index contributed by atoms with van der Waals surface area (Å²) in [4.78, 5) is 27.0. The van der Waals surface area contributed by atoms with Crippen molar-refractivity contribution in [2.45, 2.75) is 25.4 Å². The Morgan fingerprint density at radius 1 is 1.07 bits per heavy atom. The molecule has 3 rings (SSSR count). The van der Waals surface area contributed by atoms with Crippen molar-refractivity contribution in [3.63, 3.8) is 0 Å². The van der Waals surface area contributed by atoms with E-state index >= 15 is 0 Å². The summed E-state index contributed by atoms with van der Waals surface area (Å²) in [5.74, 6) is -2.56. The fourth-order valence-corrected chi connectivity index (χ4v) is 2.67. The molecule has 2 heterocycles. The van der Waals surface area contributed by atoms with Crippen LogP contribution in [0, 0.1) is 5.82 Å². The van der Waals surface area contributed by atoms with Crippen molar-refractivity contribution >= 4 is 11.9 Å². The molecule has 0 atom stereocenters. The molecule has 1 saturated heterocycles. The van der Waals surface area contributed by atoms with E-state index in [2.05, 4.69) is 4.98 Å². The highest BCUT2D eigenvalue weighted by molar-refractivity contribution is 5.77. The number of hydrogen-bond donors (Lipinski definition) is 1. The van der Waals surface area contributed by atoms with E-state index in [0.717, 1.165) is 25.9 Å². The normalized spacial score (nSPS) is 13.8. The van der Waals surface area contributed by atoms with Crippen LogP contribution in [0.3, 0.4) is 0 Å². The molecule has 30 heavy (non-hydrogen) atoms. The minimum Gasteiger partial charge on any atom is -0.482 e. The summed E-state index contributed by atoms with van der Waals surface area (Å²) < 4.78 is 50.9. The number of carbonyl (C=O) groups excluding carboxylic acids is 1. The minimum absolute atomic E-state index is 0.00267. The molecule has 1 N–H and O–H groups in total. The number of aromatic nitrogens is 1.